The van der Waals surface area contributed by atoms with Crippen LogP contribution >= 0.6 is 0 Å². The van der Waals surface area contributed by atoms with E-state index in [1.165, 1.54) is 5.39 Å². The summed E-state index contributed by atoms with van der Waals surface area (Å²) in [6, 6.07) is 14.2. The van der Waals surface area contributed by atoms with Gasteiger partial charge in [-0.2, -0.15) is 0 Å². The van der Waals surface area contributed by atoms with Gasteiger partial charge in [-0.1, -0.05) is 30.3 Å². The van der Waals surface area contributed by atoms with Crippen LogP contribution in [0, 0.1) is 5.92 Å². The van der Waals surface area contributed by atoms with Crippen molar-refractivity contribution in [2.45, 2.75) is 12.8 Å². The molecule has 2 aromatic carbocycles. The highest BCUT2D eigenvalue weighted by atomic mass is 16.1. The number of anilines is 1. The zero-order valence-electron chi connectivity index (χ0n) is 10.9. The predicted molar refractivity (Wildman–Crippen MR) is 78.2 cm³/mol. The second-order valence-electron chi connectivity index (χ2n) is 5.09. The highest BCUT2D eigenvalue weighted by Gasteiger charge is 2.20. The molecule has 2 aromatic rings. The maximum absolute atomic E-state index is 12.2. The van der Waals surface area contributed by atoms with Crippen molar-refractivity contribution in [3.8, 4) is 0 Å². The average molecular weight is 254 g/mol. The predicted octanol–water partition coefficient (Wildman–Crippen LogP) is 2.78. The Bertz CT molecular complexity index is 588. The number of amides is 1. The summed E-state index contributed by atoms with van der Waals surface area (Å²) in [5, 5.41) is 8.64. The first kappa shape index (κ1) is 12.2. The molecule has 1 aliphatic heterocycles. The minimum Gasteiger partial charge on any atom is -0.326 e. The molecule has 0 spiro atoms. The largest absolute Gasteiger partial charge is 0.326 e. The monoisotopic (exact) mass is 254 g/mol. The van der Waals surface area contributed by atoms with Gasteiger partial charge >= 0.3 is 0 Å². The molecule has 1 heterocycles. The van der Waals surface area contributed by atoms with E-state index in [9.17, 15) is 4.79 Å². The van der Waals surface area contributed by atoms with E-state index in [0.29, 0.717) is 0 Å². The summed E-state index contributed by atoms with van der Waals surface area (Å²) in [5.74, 6) is 0.225. The normalized spacial score (nSPS) is 19.3. The number of hydrogen-bond donors (Lipinski definition) is 2. The molecule has 0 saturated carbocycles. The Hall–Kier alpha value is -1.87. The summed E-state index contributed by atoms with van der Waals surface area (Å²) in [4.78, 5) is 12.2. The van der Waals surface area contributed by atoms with Crippen molar-refractivity contribution in [2.75, 3.05) is 18.4 Å². The van der Waals surface area contributed by atoms with Crippen LogP contribution in [0.2, 0.25) is 0 Å². The van der Waals surface area contributed by atoms with Gasteiger partial charge in [0.1, 0.15) is 0 Å². The SMILES string of the molecule is O=C(Nc1ccc2ccccc2c1)[C@H]1CCCNC1. The lowest BCUT2D eigenvalue weighted by atomic mass is 9.98. The number of benzene rings is 2. The quantitative estimate of drug-likeness (QED) is 0.865. The number of piperidine rings is 1. The molecule has 0 bridgehead atoms. The molecule has 0 unspecified atom stereocenters. The summed E-state index contributed by atoms with van der Waals surface area (Å²) in [7, 11) is 0. The van der Waals surface area contributed by atoms with Crippen LogP contribution in [-0.4, -0.2) is 19.0 Å². The average Bonchev–Trinajstić information content (AvgIpc) is 2.48. The van der Waals surface area contributed by atoms with Gasteiger partial charge in [-0.05, 0) is 42.3 Å². The fraction of sp³-hybridized carbons (Fsp3) is 0.312. The molecule has 1 atom stereocenters. The van der Waals surface area contributed by atoms with E-state index in [4.69, 9.17) is 0 Å². The first-order valence-electron chi connectivity index (χ1n) is 6.83. The van der Waals surface area contributed by atoms with Gasteiger partial charge < -0.3 is 10.6 Å². The summed E-state index contributed by atoms with van der Waals surface area (Å²) in [6.07, 6.45) is 2.06. The minimum atomic E-state index is 0.0974. The first-order valence-corrected chi connectivity index (χ1v) is 6.83. The standard InChI is InChI=1S/C16H18N2O/c19-16(14-6-3-9-17-11-14)18-15-8-7-12-4-1-2-5-13(12)10-15/h1-2,4-5,7-8,10,14,17H,3,6,9,11H2,(H,18,19)/t14-/m0/s1. The third-order valence-corrected chi connectivity index (χ3v) is 3.68. The van der Waals surface area contributed by atoms with E-state index in [1.54, 1.807) is 0 Å². The van der Waals surface area contributed by atoms with Gasteiger partial charge in [-0.15, -0.1) is 0 Å². The Morgan fingerprint density at radius 2 is 2.00 bits per heavy atom. The molecular weight excluding hydrogens is 236 g/mol. The molecule has 1 saturated heterocycles. The maximum atomic E-state index is 12.2. The van der Waals surface area contributed by atoms with Crippen LogP contribution in [0.1, 0.15) is 12.8 Å². The number of carbonyl (C=O) groups is 1. The molecule has 1 amide bonds. The van der Waals surface area contributed by atoms with Gasteiger partial charge in [0.2, 0.25) is 5.91 Å². The van der Waals surface area contributed by atoms with Gasteiger partial charge in [0.15, 0.2) is 0 Å². The maximum Gasteiger partial charge on any atom is 0.228 e. The molecule has 3 rings (SSSR count). The van der Waals surface area contributed by atoms with Gasteiger partial charge in [0, 0.05) is 12.2 Å². The fourth-order valence-electron chi connectivity index (χ4n) is 2.59. The molecule has 0 aromatic heterocycles. The number of carbonyl (C=O) groups excluding carboxylic acids is 1. The highest BCUT2D eigenvalue weighted by molar-refractivity contribution is 5.95. The Labute approximate surface area is 113 Å². The summed E-state index contributed by atoms with van der Waals surface area (Å²) < 4.78 is 0. The lowest BCUT2D eigenvalue weighted by Crippen LogP contribution is -2.37. The second kappa shape index (κ2) is 5.41. The van der Waals surface area contributed by atoms with Crippen molar-refractivity contribution >= 4 is 22.4 Å². The molecule has 98 valence electrons. The number of nitrogens with one attached hydrogen (secondary N) is 2. The summed E-state index contributed by atoms with van der Waals surface area (Å²) in [6.45, 7) is 1.82. The van der Waals surface area contributed by atoms with E-state index in [2.05, 4.69) is 22.8 Å². The van der Waals surface area contributed by atoms with Gasteiger partial charge in [0.25, 0.3) is 0 Å². The number of fused-ring (bicyclic) bond motifs is 1. The van der Waals surface area contributed by atoms with Crippen molar-refractivity contribution in [3.05, 3.63) is 42.5 Å². The third kappa shape index (κ3) is 2.76. The van der Waals surface area contributed by atoms with Crippen LogP contribution in [0.4, 0.5) is 5.69 Å². The Morgan fingerprint density at radius 1 is 1.16 bits per heavy atom. The van der Waals surface area contributed by atoms with Gasteiger partial charge in [-0.3, -0.25) is 4.79 Å². The molecule has 1 aliphatic rings. The van der Waals surface area contributed by atoms with Crippen LogP contribution < -0.4 is 10.6 Å². The Morgan fingerprint density at radius 3 is 2.79 bits per heavy atom. The molecular formula is C16H18N2O. The summed E-state index contributed by atoms with van der Waals surface area (Å²) in [5.41, 5.74) is 0.884. The van der Waals surface area contributed by atoms with Crippen LogP contribution in [0.5, 0.6) is 0 Å². The second-order valence-corrected chi connectivity index (χ2v) is 5.09. The van der Waals surface area contributed by atoms with Crippen molar-refractivity contribution < 1.29 is 4.79 Å². The van der Waals surface area contributed by atoms with E-state index in [-0.39, 0.29) is 11.8 Å². The Balaban J connectivity index is 1.75. The van der Waals surface area contributed by atoms with Crippen molar-refractivity contribution in [1.82, 2.24) is 5.32 Å². The van der Waals surface area contributed by atoms with Crippen molar-refractivity contribution in [1.29, 1.82) is 0 Å². The number of rotatable bonds is 2. The third-order valence-electron chi connectivity index (χ3n) is 3.68. The molecule has 3 heteroatoms. The van der Waals surface area contributed by atoms with E-state index < -0.39 is 0 Å². The molecule has 19 heavy (non-hydrogen) atoms. The lowest BCUT2D eigenvalue weighted by Gasteiger charge is -2.21. The smallest absolute Gasteiger partial charge is 0.228 e. The summed E-state index contributed by atoms with van der Waals surface area (Å²) >= 11 is 0. The van der Waals surface area contributed by atoms with Gasteiger partial charge in [-0.25, -0.2) is 0 Å². The fourth-order valence-corrected chi connectivity index (χ4v) is 2.59. The number of hydrogen-bond acceptors (Lipinski definition) is 2. The van der Waals surface area contributed by atoms with Crippen LogP contribution in [0.25, 0.3) is 10.8 Å². The molecule has 1 fully saturated rings. The first-order chi connectivity index (χ1) is 9.33. The van der Waals surface area contributed by atoms with Crippen LogP contribution in [0.15, 0.2) is 42.5 Å². The van der Waals surface area contributed by atoms with Crippen molar-refractivity contribution in [3.63, 3.8) is 0 Å². The van der Waals surface area contributed by atoms with Crippen molar-refractivity contribution in [2.24, 2.45) is 5.92 Å². The zero-order valence-corrected chi connectivity index (χ0v) is 10.9. The van der Waals surface area contributed by atoms with Crippen LogP contribution in [0.3, 0.4) is 0 Å². The minimum absolute atomic E-state index is 0.0974. The Kier molecular flexibility index (Phi) is 3.47. The van der Waals surface area contributed by atoms with E-state index in [0.717, 1.165) is 37.0 Å². The lowest BCUT2D eigenvalue weighted by molar-refractivity contribution is -0.120. The highest BCUT2D eigenvalue weighted by Crippen LogP contribution is 2.20. The van der Waals surface area contributed by atoms with E-state index >= 15 is 0 Å². The molecule has 0 aliphatic carbocycles. The topological polar surface area (TPSA) is 41.1 Å². The molecule has 3 nitrogen and oxygen atoms in total. The van der Waals surface area contributed by atoms with E-state index in [1.807, 2.05) is 30.3 Å². The molecule has 2 N–H and O–H groups in total. The molecule has 0 radical (unpaired) electrons. The van der Waals surface area contributed by atoms with Crippen LogP contribution in [-0.2, 0) is 4.79 Å². The van der Waals surface area contributed by atoms with Gasteiger partial charge in [0.05, 0.1) is 5.92 Å². The zero-order chi connectivity index (χ0) is 13.1.